The maximum atomic E-state index is 12.3. The number of nitrogens with two attached hydrogens (primary N) is 1. The van der Waals surface area contributed by atoms with E-state index in [9.17, 15) is 18.5 Å². The van der Waals surface area contributed by atoms with Crippen molar-refractivity contribution in [3.63, 3.8) is 0 Å². The third-order valence-corrected chi connectivity index (χ3v) is 5.02. The standard InChI is InChI=1S/C11H18N4O4S2/c1-8(5-6-20-2)14-21(18,19)11-4-3-9(15(16)17)7-10(11)13-12/h3-4,7-8,13-14H,5-6,12H2,1-2H3. The number of hydrogen-bond acceptors (Lipinski definition) is 7. The summed E-state index contributed by atoms with van der Waals surface area (Å²) in [4.78, 5) is 9.96. The maximum absolute atomic E-state index is 12.3. The van der Waals surface area contributed by atoms with Crippen molar-refractivity contribution in [3.05, 3.63) is 28.3 Å². The van der Waals surface area contributed by atoms with Gasteiger partial charge in [0.05, 0.1) is 10.6 Å². The van der Waals surface area contributed by atoms with Crippen molar-refractivity contribution in [1.29, 1.82) is 0 Å². The van der Waals surface area contributed by atoms with E-state index in [1.54, 1.807) is 18.7 Å². The fraction of sp³-hybridized carbons (Fsp3) is 0.455. The van der Waals surface area contributed by atoms with Gasteiger partial charge in [-0.25, -0.2) is 13.1 Å². The van der Waals surface area contributed by atoms with E-state index in [-0.39, 0.29) is 22.3 Å². The lowest BCUT2D eigenvalue weighted by molar-refractivity contribution is -0.384. The normalized spacial score (nSPS) is 12.9. The summed E-state index contributed by atoms with van der Waals surface area (Å²) in [5, 5.41) is 10.7. The molecule has 0 aliphatic rings. The molecular formula is C11H18N4O4S2. The third-order valence-electron chi connectivity index (χ3n) is 2.73. The SMILES string of the molecule is CSCCC(C)NS(=O)(=O)c1ccc([N+](=O)[O-])cc1NN. The van der Waals surface area contributed by atoms with E-state index >= 15 is 0 Å². The number of nitrogen functional groups attached to an aromatic ring is 1. The van der Waals surface area contributed by atoms with Crippen molar-refractivity contribution >= 4 is 33.2 Å². The zero-order valence-corrected chi connectivity index (χ0v) is 13.3. The van der Waals surface area contributed by atoms with Crippen LogP contribution in [-0.4, -0.2) is 31.4 Å². The molecule has 0 heterocycles. The molecule has 0 fully saturated rings. The number of nitrogens with zero attached hydrogens (tertiary/aromatic N) is 1. The average Bonchev–Trinajstić information content (AvgIpc) is 2.43. The Morgan fingerprint density at radius 1 is 1.48 bits per heavy atom. The zero-order chi connectivity index (χ0) is 16.0. The van der Waals surface area contributed by atoms with Gasteiger partial charge >= 0.3 is 0 Å². The van der Waals surface area contributed by atoms with E-state index in [1.807, 2.05) is 6.26 Å². The van der Waals surface area contributed by atoms with Crippen molar-refractivity contribution in [2.75, 3.05) is 17.4 Å². The minimum absolute atomic E-state index is 0.0197. The number of nitro benzene ring substituents is 1. The number of nitro groups is 1. The molecule has 0 bridgehead atoms. The number of rotatable bonds is 8. The second kappa shape index (κ2) is 7.59. The van der Waals surface area contributed by atoms with Crippen LogP contribution in [0.3, 0.4) is 0 Å². The topological polar surface area (TPSA) is 127 Å². The first-order valence-corrected chi connectivity index (χ1v) is 8.96. The fourth-order valence-electron chi connectivity index (χ4n) is 1.66. The van der Waals surface area contributed by atoms with Gasteiger partial charge in [-0.1, -0.05) is 0 Å². The Balaban J connectivity index is 3.05. The minimum Gasteiger partial charge on any atom is -0.323 e. The van der Waals surface area contributed by atoms with E-state index in [4.69, 9.17) is 5.84 Å². The van der Waals surface area contributed by atoms with Crippen LogP contribution < -0.4 is 16.0 Å². The van der Waals surface area contributed by atoms with Crippen molar-refractivity contribution in [1.82, 2.24) is 4.72 Å². The van der Waals surface area contributed by atoms with Crippen molar-refractivity contribution in [2.45, 2.75) is 24.3 Å². The molecule has 1 aromatic carbocycles. The van der Waals surface area contributed by atoms with E-state index in [0.717, 1.165) is 24.0 Å². The Labute approximate surface area is 127 Å². The van der Waals surface area contributed by atoms with E-state index in [0.29, 0.717) is 6.42 Å². The van der Waals surface area contributed by atoms with Gasteiger partial charge in [-0.05, 0) is 31.4 Å². The molecule has 1 unspecified atom stereocenters. The number of hydrazine groups is 1. The number of anilines is 1. The molecular weight excluding hydrogens is 316 g/mol. The number of sulfonamides is 1. The predicted octanol–water partition coefficient (Wildman–Crippen LogP) is 1.30. The Hall–Kier alpha value is -1.36. The maximum Gasteiger partial charge on any atom is 0.271 e. The van der Waals surface area contributed by atoms with Gasteiger partial charge in [-0.3, -0.25) is 16.0 Å². The smallest absolute Gasteiger partial charge is 0.271 e. The molecule has 10 heteroatoms. The largest absolute Gasteiger partial charge is 0.323 e. The summed E-state index contributed by atoms with van der Waals surface area (Å²) in [6.07, 6.45) is 2.62. The molecule has 1 atom stereocenters. The summed E-state index contributed by atoms with van der Waals surface area (Å²) < 4.78 is 27.1. The molecule has 0 spiro atoms. The number of hydrogen-bond donors (Lipinski definition) is 3. The molecule has 1 aromatic rings. The molecule has 8 nitrogen and oxygen atoms in total. The van der Waals surface area contributed by atoms with Crippen LogP contribution in [0.2, 0.25) is 0 Å². The lowest BCUT2D eigenvalue weighted by Gasteiger charge is -2.15. The van der Waals surface area contributed by atoms with Gasteiger partial charge in [-0.15, -0.1) is 0 Å². The third kappa shape index (κ3) is 4.84. The minimum atomic E-state index is -3.80. The Morgan fingerprint density at radius 2 is 2.14 bits per heavy atom. The summed E-state index contributed by atoms with van der Waals surface area (Å²) >= 11 is 1.62. The highest BCUT2D eigenvalue weighted by Gasteiger charge is 2.22. The Bertz CT molecular complexity index is 606. The molecule has 0 saturated carbocycles. The van der Waals surface area contributed by atoms with Gasteiger partial charge in [0.15, 0.2) is 0 Å². The first-order chi connectivity index (χ1) is 9.81. The van der Waals surface area contributed by atoms with Crippen molar-refractivity contribution in [2.24, 2.45) is 5.84 Å². The lowest BCUT2D eigenvalue weighted by Crippen LogP contribution is -2.33. The number of benzene rings is 1. The van der Waals surface area contributed by atoms with Crippen LogP contribution in [0.1, 0.15) is 13.3 Å². The molecule has 0 radical (unpaired) electrons. The summed E-state index contributed by atoms with van der Waals surface area (Å²) in [6.45, 7) is 1.76. The van der Waals surface area contributed by atoms with Crippen LogP contribution in [0, 0.1) is 10.1 Å². The molecule has 0 saturated heterocycles. The van der Waals surface area contributed by atoms with Crippen LogP contribution in [-0.2, 0) is 10.0 Å². The summed E-state index contributed by atoms with van der Waals surface area (Å²) in [5.74, 6) is 6.08. The zero-order valence-electron chi connectivity index (χ0n) is 11.7. The van der Waals surface area contributed by atoms with Crippen molar-refractivity contribution < 1.29 is 13.3 Å². The molecule has 0 aliphatic heterocycles. The number of thioether (sulfide) groups is 1. The summed E-state index contributed by atoms with van der Waals surface area (Å²) in [5.41, 5.74) is 1.93. The van der Waals surface area contributed by atoms with Gasteiger partial charge in [-0.2, -0.15) is 11.8 Å². The highest BCUT2D eigenvalue weighted by atomic mass is 32.2. The number of nitrogens with one attached hydrogen (secondary N) is 2. The van der Waals surface area contributed by atoms with Crippen LogP contribution in [0.25, 0.3) is 0 Å². The quantitative estimate of drug-likeness (QED) is 0.371. The van der Waals surface area contributed by atoms with Gasteiger partial charge < -0.3 is 5.43 Å². The molecule has 4 N–H and O–H groups in total. The Kier molecular flexibility index (Phi) is 6.40. The molecule has 1 rings (SSSR count). The second-order valence-electron chi connectivity index (χ2n) is 4.39. The highest BCUT2D eigenvalue weighted by Crippen LogP contribution is 2.25. The summed E-state index contributed by atoms with van der Waals surface area (Å²) in [6, 6.07) is 3.13. The average molecular weight is 334 g/mol. The first-order valence-electron chi connectivity index (χ1n) is 6.08. The lowest BCUT2D eigenvalue weighted by atomic mass is 10.3. The van der Waals surface area contributed by atoms with Crippen LogP contribution in [0.15, 0.2) is 23.1 Å². The van der Waals surface area contributed by atoms with Crippen molar-refractivity contribution in [3.8, 4) is 0 Å². The van der Waals surface area contributed by atoms with Gasteiger partial charge in [0, 0.05) is 18.2 Å². The predicted molar refractivity (Wildman–Crippen MR) is 83.7 cm³/mol. The first kappa shape index (κ1) is 17.7. The molecule has 0 aliphatic carbocycles. The number of non-ortho nitro benzene ring substituents is 1. The Morgan fingerprint density at radius 3 is 2.67 bits per heavy atom. The summed E-state index contributed by atoms with van der Waals surface area (Å²) in [7, 11) is -3.80. The van der Waals surface area contributed by atoms with Crippen LogP contribution >= 0.6 is 11.8 Å². The van der Waals surface area contributed by atoms with E-state index in [2.05, 4.69) is 10.1 Å². The van der Waals surface area contributed by atoms with E-state index in [1.165, 1.54) is 0 Å². The second-order valence-corrected chi connectivity index (χ2v) is 7.05. The van der Waals surface area contributed by atoms with Crippen LogP contribution in [0.4, 0.5) is 11.4 Å². The van der Waals surface area contributed by atoms with Gasteiger partial charge in [0.1, 0.15) is 4.90 Å². The molecule has 0 amide bonds. The molecule has 118 valence electrons. The van der Waals surface area contributed by atoms with Gasteiger partial charge in [0.25, 0.3) is 5.69 Å². The monoisotopic (exact) mass is 334 g/mol. The molecule has 21 heavy (non-hydrogen) atoms. The highest BCUT2D eigenvalue weighted by molar-refractivity contribution is 7.98. The molecule has 0 aromatic heterocycles. The van der Waals surface area contributed by atoms with Crippen LogP contribution in [0.5, 0.6) is 0 Å². The van der Waals surface area contributed by atoms with Gasteiger partial charge in [0.2, 0.25) is 10.0 Å². The fourth-order valence-corrected chi connectivity index (χ4v) is 3.68. The van der Waals surface area contributed by atoms with E-state index < -0.39 is 14.9 Å².